The van der Waals surface area contributed by atoms with E-state index in [9.17, 15) is 5.26 Å². The topological polar surface area (TPSA) is 63.5 Å². The first-order valence-corrected chi connectivity index (χ1v) is 9.10. The van der Waals surface area contributed by atoms with Gasteiger partial charge in [-0.2, -0.15) is 5.26 Å². The van der Waals surface area contributed by atoms with Crippen LogP contribution in [0.2, 0.25) is 0 Å². The number of nitrogens with zero attached hydrogens (tertiary/aromatic N) is 1. The minimum Gasteiger partial charge on any atom is -0.440 e. The summed E-state index contributed by atoms with van der Waals surface area (Å²) in [6, 6.07) is 22.6. The number of allylic oxidation sites excluding steroid dienone is 1. The van der Waals surface area contributed by atoms with Crippen LogP contribution in [0.25, 0.3) is 6.08 Å². The quantitative estimate of drug-likeness (QED) is 0.868. The number of benzene rings is 2. The van der Waals surface area contributed by atoms with Gasteiger partial charge in [0.1, 0.15) is 30.5 Å². The molecule has 2 heterocycles. The lowest BCUT2D eigenvalue weighted by molar-refractivity contribution is -0.871. The molecular formula is C23H22N3O+. The number of hydrogen-bond donors (Lipinski definition) is 2. The second-order valence-electron chi connectivity index (χ2n) is 7.08. The number of hydrogen-bond acceptors (Lipinski definition) is 3. The van der Waals surface area contributed by atoms with Gasteiger partial charge >= 0.3 is 0 Å². The van der Waals surface area contributed by atoms with Crippen molar-refractivity contribution in [3.63, 3.8) is 0 Å². The second kappa shape index (κ2) is 7.14. The highest BCUT2D eigenvalue weighted by molar-refractivity contribution is 5.62. The monoisotopic (exact) mass is 356 g/mol. The van der Waals surface area contributed by atoms with E-state index in [0.717, 1.165) is 41.1 Å². The van der Waals surface area contributed by atoms with Gasteiger partial charge in [0, 0.05) is 11.1 Å². The molecule has 0 aromatic heterocycles. The number of likely N-dealkylation sites (N-methyl/N-ethyl adjacent to an activating group) is 1. The number of rotatable bonds is 2. The molecular weight excluding hydrogens is 334 g/mol. The number of quaternary nitrogens is 1. The standard InChI is InChI=1S/C23H21N3O/c1-26-14-18(12-16-8-4-2-5-9-16)22-20(15-26)21(17-10-6-3-7-11-17)19(13-24)23(25)27-22/h2-12,21H,14-15,25H2,1H3/p+1. The summed E-state index contributed by atoms with van der Waals surface area (Å²) in [5, 5.41) is 9.74. The van der Waals surface area contributed by atoms with Gasteiger partial charge in [-0.15, -0.1) is 0 Å². The van der Waals surface area contributed by atoms with Crippen molar-refractivity contribution in [3.05, 3.63) is 100 Å². The van der Waals surface area contributed by atoms with E-state index < -0.39 is 0 Å². The highest BCUT2D eigenvalue weighted by atomic mass is 16.5. The molecule has 134 valence electrons. The van der Waals surface area contributed by atoms with Crippen molar-refractivity contribution in [2.24, 2.45) is 5.73 Å². The molecule has 4 nitrogen and oxygen atoms in total. The fraction of sp³-hybridized carbons (Fsp3) is 0.174. The Morgan fingerprint density at radius 1 is 1.07 bits per heavy atom. The molecule has 2 unspecified atom stereocenters. The van der Waals surface area contributed by atoms with Gasteiger partial charge in [-0.3, -0.25) is 0 Å². The zero-order chi connectivity index (χ0) is 18.8. The third-order valence-corrected chi connectivity index (χ3v) is 5.08. The molecule has 0 bridgehead atoms. The molecule has 2 aromatic rings. The largest absolute Gasteiger partial charge is 0.440 e. The molecule has 4 heteroatoms. The number of ether oxygens (including phenoxy) is 1. The smallest absolute Gasteiger partial charge is 0.205 e. The van der Waals surface area contributed by atoms with Gasteiger partial charge in [0.15, 0.2) is 0 Å². The van der Waals surface area contributed by atoms with E-state index in [0.29, 0.717) is 5.57 Å². The van der Waals surface area contributed by atoms with E-state index in [1.807, 2.05) is 36.4 Å². The Balaban J connectivity index is 1.87. The molecule has 0 saturated heterocycles. The Bertz CT molecular complexity index is 981. The fourth-order valence-corrected chi connectivity index (χ4v) is 3.93. The van der Waals surface area contributed by atoms with Crippen molar-refractivity contribution >= 4 is 6.08 Å². The summed E-state index contributed by atoms with van der Waals surface area (Å²) in [4.78, 5) is 1.36. The van der Waals surface area contributed by atoms with Gasteiger partial charge in [0.05, 0.1) is 13.0 Å². The van der Waals surface area contributed by atoms with Crippen LogP contribution in [-0.2, 0) is 4.74 Å². The lowest BCUT2D eigenvalue weighted by Gasteiger charge is -2.35. The van der Waals surface area contributed by atoms with Crippen molar-refractivity contribution < 1.29 is 9.64 Å². The molecule has 2 aromatic carbocycles. The molecule has 27 heavy (non-hydrogen) atoms. The summed E-state index contributed by atoms with van der Waals surface area (Å²) in [5.41, 5.74) is 11.1. The van der Waals surface area contributed by atoms with Gasteiger partial charge in [0.2, 0.25) is 5.88 Å². The van der Waals surface area contributed by atoms with Crippen LogP contribution in [0.15, 0.2) is 89.0 Å². The summed E-state index contributed by atoms with van der Waals surface area (Å²) >= 11 is 0. The zero-order valence-electron chi connectivity index (χ0n) is 15.3. The van der Waals surface area contributed by atoms with Crippen LogP contribution < -0.4 is 10.6 Å². The van der Waals surface area contributed by atoms with E-state index in [-0.39, 0.29) is 11.8 Å². The molecule has 0 radical (unpaired) electrons. The predicted octanol–water partition coefficient (Wildman–Crippen LogP) is 2.36. The van der Waals surface area contributed by atoms with Gasteiger partial charge in [-0.1, -0.05) is 60.7 Å². The molecule has 0 spiro atoms. The maximum absolute atomic E-state index is 9.74. The van der Waals surface area contributed by atoms with Crippen molar-refractivity contribution in [3.8, 4) is 6.07 Å². The average Bonchev–Trinajstić information content (AvgIpc) is 2.69. The highest BCUT2D eigenvalue weighted by Crippen LogP contribution is 2.41. The first kappa shape index (κ1) is 17.1. The third-order valence-electron chi connectivity index (χ3n) is 5.08. The lowest BCUT2D eigenvalue weighted by Crippen LogP contribution is -3.10. The Morgan fingerprint density at radius 3 is 2.41 bits per heavy atom. The first-order chi connectivity index (χ1) is 13.2. The Labute approximate surface area is 159 Å². The Hall–Kier alpha value is -3.29. The second-order valence-corrected chi connectivity index (χ2v) is 7.08. The molecule has 4 rings (SSSR count). The summed E-state index contributed by atoms with van der Waals surface area (Å²) in [6.45, 7) is 1.67. The van der Waals surface area contributed by atoms with Crippen LogP contribution in [-0.4, -0.2) is 20.1 Å². The van der Waals surface area contributed by atoms with Gasteiger partial charge in [-0.25, -0.2) is 0 Å². The predicted molar refractivity (Wildman–Crippen MR) is 105 cm³/mol. The maximum atomic E-state index is 9.74. The van der Waals surface area contributed by atoms with E-state index in [2.05, 4.69) is 43.5 Å². The van der Waals surface area contributed by atoms with Crippen LogP contribution >= 0.6 is 0 Å². The average molecular weight is 356 g/mol. The summed E-state index contributed by atoms with van der Waals surface area (Å²) < 4.78 is 6.01. The number of nitriles is 1. The van der Waals surface area contributed by atoms with Crippen molar-refractivity contribution in [1.29, 1.82) is 5.26 Å². The summed E-state index contributed by atoms with van der Waals surface area (Å²) in [5.74, 6) is 0.882. The van der Waals surface area contributed by atoms with E-state index in [4.69, 9.17) is 10.5 Å². The molecule has 3 N–H and O–H groups in total. The van der Waals surface area contributed by atoms with Crippen molar-refractivity contribution in [2.45, 2.75) is 5.92 Å². The Kier molecular flexibility index (Phi) is 4.53. The van der Waals surface area contributed by atoms with Crippen LogP contribution in [0.4, 0.5) is 0 Å². The SMILES string of the molecule is C[NH+]1CC(=Cc2ccccc2)C2=C(C1)C(c1ccccc1)C(C#N)=C(N)O2. The molecule has 2 atom stereocenters. The van der Waals surface area contributed by atoms with Crippen LogP contribution in [0.3, 0.4) is 0 Å². The van der Waals surface area contributed by atoms with Crippen molar-refractivity contribution in [1.82, 2.24) is 0 Å². The molecule has 0 saturated carbocycles. The van der Waals surface area contributed by atoms with Crippen molar-refractivity contribution in [2.75, 3.05) is 20.1 Å². The molecule has 2 aliphatic rings. The lowest BCUT2D eigenvalue weighted by atomic mass is 9.80. The van der Waals surface area contributed by atoms with Crippen LogP contribution in [0.5, 0.6) is 0 Å². The minimum absolute atomic E-state index is 0.158. The van der Waals surface area contributed by atoms with Gasteiger partial charge in [0.25, 0.3) is 0 Å². The first-order valence-electron chi connectivity index (χ1n) is 9.10. The van der Waals surface area contributed by atoms with E-state index in [1.54, 1.807) is 0 Å². The molecule has 0 aliphatic carbocycles. The third kappa shape index (κ3) is 3.25. The molecule has 2 aliphatic heterocycles. The number of nitrogens with one attached hydrogen (secondary N) is 1. The minimum atomic E-state index is -0.158. The van der Waals surface area contributed by atoms with Crippen LogP contribution in [0, 0.1) is 11.3 Å². The normalized spacial score (nSPS) is 23.6. The summed E-state index contributed by atoms with van der Waals surface area (Å²) in [7, 11) is 2.17. The van der Waals surface area contributed by atoms with E-state index in [1.165, 1.54) is 4.90 Å². The zero-order valence-corrected chi connectivity index (χ0v) is 15.3. The highest BCUT2D eigenvalue weighted by Gasteiger charge is 2.38. The maximum Gasteiger partial charge on any atom is 0.205 e. The van der Waals surface area contributed by atoms with E-state index >= 15 is 0 Å². The molecule has 0 fully saturated rings. The number of nitrogens with two attached hydrogens (primary N) is 1. The fourth-order valence-electron chi connectivity index (χ4n) is 3.93. The molecule has 0 amide bonds. The summed E-state index contributed by atoms with van der Waals surface area (Å²) in [6.07, 6.45) is 2.16. The van der Waals surface area contributed by atoms with Gasteiger partial charge in [-0.05, 0) is 17.2 Å². The van der Waals surface area contributed by atoms with Gasteiger partial charge < -0.3 is 15.4 Å². The Morgan fingerprint density at radius 2 is 1.74 bits per heavy atom. The van der Waals surface area contributed by atoms with Crippen LogP contribution in [0.1, 0.15) is 17.0 Å².